The molecule has 0 aliphatic rings. The first-order valence-corrected chi connectivity index (χ1v) is 25.7. The van der Waals surface area contributed by atoms with E-state index in [0.717, 1.165) is 109 Å². The van der Waals surface area contributed by atoms with Crippen LogP contribution < -0.4 is 0 Å². The van der Waals surface area contributed by atoms with E-state index in [2.05, 4.69) is 148 Å². The molecule has 0 aliphatic heterocycles. The average Bonchev–Trinajstić information content (AvgIpc) is 3.29. The Bertz CT molecular complexity index is 1550. The van der Waals surface area contributed by atoms with E-state index in [4.69, 9.17) is 14.2 Å². The maximum absolute atomic E-state index is 12.8. The topological polar surface area (TPSA) is 99.1 Å². The number of likely N-dealkylation sites (N-methyl/N-ethyl adjacent to an activating group) is 1. The number of rotatable bonds is 44. The molecule has 8 heteroatoms. The maximum atomic E-state index is 12.8. The van der Waals surface area contributed by atoms with Crippen LogP contribution in [0.3, 0.4) is 0 Å². The Morgan fingerprint density at radius 2 is 0.806 bits per heavy atom. The van der Waals surface area contributed by atoms with Crippen molar-refractivity contribution in [3.8, 4) is 0 Å². The number of allylic oxidation sites excluding steroid dienone is 22. The van der Waals surface area contributed by atoms with Crippen molar-refractivity contribution in [2.45, 2.75) is 180 Å². The highest BCUT2D eigenvalue weighted by Crippen LogP contribution is 2.13. The van der Waals surface area contributed by atoms with Gasteiger partial charge in [0.15, 0.2) is 12.1 Å². The summed E-state index contributed by atoms with van der Waals surface area (Å²) in [5.41, 5.74) is 0. The summed E-state index contributed by atoms with van der Waals surface area (Å²) < 4.78 is 17.3. The van der Waals surface area contributed by atoms with Crippen molar-refractivity contribution < 1.29 is 38.2 Å². The maximum Gasteiger partial charge on any atom is 0.362 e. The number of hydrogen-bond donors (Lipinski definition) is 1. The molecule has 2 atom stereocenters. The van der Waals surface area contributed by atoms with Gasteiger partial charge in [0.05, 0.1) is 34.4 Å². The van der Waals surface area contributed by atoms with E-state index in [1.807, 2.05) is 21.1 Å². The van der Waals surface area contributed by atoms with Crippen LogP contribution in [0.1, 0.15) is 168 Å². The van der Waals surface area contributed by atoms with Gasteiger partial charge in [-0.05, 0) is 103 Å². The molecule has 376 valence electrons. The Balaban J connectivity index is 4.42. The van der Waals surface area contributed by atoms with Gasteiger partial charge in [0.25, 0.3) is 0 Å². The van der Waals surface area contributed by atoms with Gasteiger partial charge in [0.1, 0.15) is 6.61 Å². The summed E-state index contributed by atoms with van der Waals surface area (Å²) in [6.07, 6.45) is 69.4. The minimum Gasteiger partial charge on any atom is -0.477 e. The van der Waals surface area contributed by atoms with Crippen molar-refractivity contribution in [1.82, 2.24) is 0 Å². The van der Waals surface area contributed by atoms with Crippen molar-refractivity contribution >= 4 is 17.9 Å². The number of ether oxygens (including phenoxy) is 3. The van der Waals surface area contributed by atoms with Gasteiger partial charge in [0, 0.05) is 19.3 Å². The fourth-order valence-electron chi connectivity index (χ4n) is 6.66. The van der Waals surface area contributed by atoms with Crippen LogP contribution in [-0.2, 0) is 28.6 Å². The highest BCUT2D eigenvalue weighted by atomic mass is 16.6. The van der Waals surface area contributed by atoms with Crippen molar-refractivity contribution in [3.63, 3.8) is 0 Å². The number of aliphatic carboxylic acids is 1. The fourth-order valence-corrected chi connectivity index (χ4v) is 6.66. The number of quaternary nitrogens is 1. The SMILES string of the molecule is CC/C=C/C/C=C/C/C=C/C/C=C/C/C=C/C/C=C/C/C=C/CCCC(=O)OC(COCCC(C(=O)O)[N+](C)(C)C)COC(=O)CCCCCCCCC/C=C/C/C=C/C/C=C/C/C=C/CC. The second-order valence-corrected chi connectivity index (χ2v) is 17.7. The third-order valence-corrected chi connectivity index (χ3v) is 10.5. The molecule has 0 rings (SSSR count). The summed E-state index contributed by atoms with van der Waals surface area (Å²) in [6.45, 7) is 4.42. The van der Waals surface area contributed by atoms with E-state index >= 15 is 0 Å². The highest BCUT2D eigenvalue weighted by molar-refractivity contribution is 5.72. The number of carboxylic acid groups (broad SMARTS) is 1. The lowest BCUT2D eigenvalue weighted by Gasteiger charge is -2.31. The Morgan fingerprint density at radius 3 is 1.21 bits per heavy atom. The lowest BCUT2D eigenvalue weighted by Crippen LogP contribution is -2.50. The minimum atomic E-state index is -0.892. The normalized spacial score (nSPS) is 14.0. The second kappa shape index (κ2) is 47.9. The lowest BCUT2D eigenvalue weighted by molar-refractivity contribution is -0.887. The van der Waals surface area contributed by atoms with Crippen molar-refractivity contribution in [2.75, 3.05) is 41.0 Å². The first-order chi connectivity index (χ1) is 32.6. The monoisotopic (exact) mass is 929 g/mol. The fraction of sp³-hybridized carbons (Fsp3) is 0.576. The smallest absolute Gasteiger partial charge is 0.362 e. The number of hydrogen-bond acceptors (Lipinski definition) is 6. The molecular weight excluding hydrogens is 835 g/mol. The number of esters is 2. The standard InChI is InChI=1S/C59H93NO7/c1-6-8-10-12-14-16-18-20-22-24-26-28-29-30-32-34-36-38-40-42-44-46-48-50-58(62)67-55(53-65-52-51-56(59(63)64)60(3,4)5)54-66-57(61)49-47-45-43-41-39-37-35-33-31-27-25-23-21-19-17-15-13-11-9-7-2/h8-11,14-17,20-23,26-28,30-32,36,38,42,44,55-56H,6-7,12-13,18-19,24-25,29,33-35,37,39-41,43,45-54H2,1-5H3/p+1/b10-8+,11-9+,16-14+,17-15+,22-20+,23-21+,28-26+,31-27+,32-30+,38-36+,44-42+. The summed E-state index contributed by atoms with van der Waals surface area (Å²) in [5, 5.41) is 9.66. The number of carbonyl (C=O) groups is 3. The predicted octanol–water partition coefficient (Wildman–Crippen LogP) is 15.1. The van der Waals surface area contributed by atoms with Gasteiger partial charge < -0.3 is 23.8 Å². The third-order valence-electron chi connectivity index (χ3n) is 10.5. The van der Waals surface area contributed by atoms with Crippen LogP contribution in [0.2, 0.25) is 0 Å². The van der Waals surface area contributed by atoms with Crippen molar-refractivity contribution in [2.24, 2.45) is 0 Å². The van der Waals surface area contributed by atoms with Gasteiger partial charge >= 0.3 is 17.9 Å². The quantitative estimate of drug-likeness (QED) is 0.0281. The van der Waals surface area contributed by atoms with E-state index in [9.17, 15) is 19.5 Å². The van der Waals surface area contributed by atoms with Crippen LogP contribution in [0.4, 0.5) is 0 Å². The molecular formula is C59H94NO7+. The molecule has 0 aliphatic carbocycles. The summed E-state index contributed by atoms with van der Waals surface area (Å²) in [7, 11) is 5.50. The predicted molar refractivity (Wildman–Crippen MR) is 284 cm³/mol. The van der Waals surface area contributed by atoms with Gasteiger partial charge in [0.2, 0.25) is 0 Å². The van der Waals surface area contributed by atoms with Gasteiger partial charge in [-0.2, -0.15) is 0 Å². The van der Waals surface area contributed by atoms with Crippen LogP contribution >= 0.6 is 0 Å². The Morgan fingerprint density at radius 1 is 0.448 bits per heavy atom. The molecule has 0 saturated carbocycles. The molecule has 0 aromatic carbocycles. The molecule has 0 saturated heterocycles. The van der Waals surface area contributed by atoms with Crippen LogP contribution in [0.15, 0.2) is 134 Å². The van der Waals surface area contributed by atoms with Gasteiger partial charge in [-0.15, -0.1) is 0 Å². The van der Waals surface area contributed by atoms with Crippen LogP contribution in [0.5, 0.6) is 0 Å². The van der Waals surface area contributed by atoms with Crippen molar-refractivity contribution in [3.05, 3.63) is 134 Å². The molecule has 0 heterocycles. The number of carbonyl (C=O) groups excluding carboxylic acids is 2. The van der Waals surface area contributed by atoms with E-state index in [1.165, 1.54) is 19.3 Å². The number of unbranched alkanes of at least 4 members (excludes halogenated alkanes) is 8. The van der Waals surface area contributed by atoms with Crippen LogP contribution in [0, 0.1) is 0 Å². The van der Waals surface area contributed by atoms with Gasteiger partial charge in [-0.25, -0.2) is 4.79 Å². The first kappa shape index (κ1) is 62.5. The zero-order valence-electron chi connectivity index (χ0n) is 42.8. The summed E-state index contributed by atoms with van der Waals surface area (Å²) >= 11 is 0. The van der Waals surface area contributed by atoms with E-state index in [1.54, 1.807) is 0 Å². The molecule has 0 radical (unpaired) electrons. The van der Waals surface area contributed by atoms with Gasteiger partial charge in [-0.1, -0.05) is 180 Å². The number of carboxylic acids is 1. The van der Waals surface area contributed by atoms with E-state index in [-0.39, 0.29) is 42.7 Å². The molecule has 0 aromatic heterocycles. The number of nitrogens with zero attached hydrogens (tertiary/aromatic N) is 1. The van der Waals surface area contributed by atoms with Crippen LogP contribution in [-0.4, -0.2) is 80.6 Å². The molecule has 0 bridgehead atoms. The molecule has 1 N–H and O–H groups in total. The summed E-state index contributed by atoms with van der Waals surface area (Å²) in [5.74, 6) is -1.58. The van der Waals surface area contributed by atoms with E-state index < -0.39 is 18.1 Å². The molecule has 0 amide bonds. The average molecular weight is 929 g/mol. The Labute approximate surface area is 409 Å². The molecule has 0 aromatic rings. The lowest BCUT2D eigenvalue weighted by atomic mass is 10.1. The molecule has 0 spiro atoms. The Kier molecular flexibility index (Phi) is 44.7. The largest absolute Gasteiger partial charge is 0.477 e. The summed E-state index contributed by atoms with van der Waals surface area (Å²) in [4.78, 5) is 37.2. The van der Waals surface area contributed by atoms with Crippen molar-refractivity contribution in [1.29, 1.82) is 0 Å². The summed E-state index contributed by atoms with van der Waals surface area (Å²) in [6, 6.07) is -0.637. The molecule has 2 unspecified atom stereocenters. The molecule has 0 fully saturated rings. The van der Waals surface area contributed by atoms with Crippen LogP contribution in [0.25, 0.3) is 0 Å². The zero-order chi connectivity index (χ0) is 49.2. The minimum absolute atomic E-state index is 0.0244. The highest BCUT2D eigenvalue weighted by Gasteiger charge is 2.31. The molecule has 67 heavy (non-hydrogen) atoms. The first-order valence-electron chi connectivity index (χ1n) is 25.7. The van der Waals surface area contributed by atoms with Gasteiger partial charge in [-0.3, -0.25) is 9.59 Å². The molecule has 8 nitrogen and oxygen atoms in total. The second-order valence-electron chi connectivity index (χ2n) is 17.7. The van der Waals surface area contributed by atoms with E-state index in [0.29, 0.717) is 19.3 Å². The zero-order valence-corrected chi connectivity index (χ0v) is 42.8. The Hall–Kier alpha value is -4.53. The third kappa shape index (κ3) is 46.4.